The van der Waals surface area contributed by atoms with E-state index in [2.05, 4.69) is 53.8 Å². The number of oxime groups is 1. The molecule has 6 aromatic rings. The number of hydrogen-bond acceptors (Lipinski definition) is 29. The van der Waals surface area contributed by atoms with Crippen LogP contribution < -0.4 is 27.6 Å². The van der Waals surface area contributed by atoms with Crippen LogP contribution in [0.2, 0.25) is 0 Å². The summed E-state index contributed by atoms with van der Waals surface area (Å²) < 4.78 is 26.4. The Balaban J connectivity index is 0.000000304. The number of benzene rings is 6. The molecular formula is C92H118N14O20. The normalized spacial score (nSPS) is 15.6. The van der Waals surface area contributed by atoms with Gasteiger partial charge in [0.2, 0.25) is 0 Å². The molecule has 0 saturated carbocycles. The van der Waals surface area contributed by atoms with Crippen LogP contribution in [0, 0.1) is 86.7 Å². The predicted octanol–water partition coefficient (Wildman–Crippen LogP) is 8.76. The molecule has 0 aromatic heterocycles. The van der Waals surface area contributed by atoms with Crippen LogP contribution in [0.1, 0.15) is 154 Å². The third-order valence-electron chi connectivity index (χ3n) is 18.7. The second-order valence-electron chi connectivity index (χ2n) is 34.0. The van der Waals surface area contributed by atoms with Crippen LogP contribution in [-0.4, -0.2) is 226 Å². The third kappa shape index (κ3) is 40.6. The number of esters is 4. The number of nitrogens with one attached hydrogen (secondary N) is 3. The molecule has 13 rings (SSSR count). The zero-order chi connectivity index (χ0) is 93.9. The lowest BCUT2D eigenvalue weighted by atomic mass is 9.98. The van der Waals surface area contributed by atoms with Gasteiger partial charge in [-0.1, -0.05) is 108 Å². The van der Waals surface area contributed by atoms with Crippen molar-refractivity contribution in [3.63, 3.8) is 0 Å². The van der Waals surface area contributed by atoms with Gasteiger partial charge < -0.3 is 76.0 Å². The number of likely N-dealkylation sites (tertiary alicyclic amines) is 4. The summed E-state index contributed by atoms with van der Waals surface area (Å²) in [6, 6.07) is 53.0. The largest absolute Gasteiger partial charge is 0.481 e. The molecular weight excluding hydrogens is 1620 g/mol. The van der Waals surface area contributed by atoms with Gasteiger partial charge in [-0.05, 0) is 154 Å². The van der Waals surface area contributed by atoms with Crippen molar-refractivity contribution in [2.75, 3.05) is 91.6 Å². The van der Waals surface area contributed by atoms with Crippen LogP contribution in [0.4, 0.5) is 4.79 Å². The first-order valence-electron chi connectivity index (χ1n) is 40.6. The fraction of sp³-hybridized carbons (Fsp3) is 0.446. The van der Waals surface area contributed by atoms with Gasteiger partial charge in [-0.25, -0.2) is 10.7 Å². The van der Waals surface area contributed by atoms with E-state index in [9.17, 15) is 47.9 Å². The Morgan fingerprint density at radius 3 is 0.913 bits per heavy atom. The molecule has 12 N–H and O–H groups in total. The summed E-state index contributed by atoms with van der Waals surface area (Å²) in [6.45, 7) is 34.1. The highest BCUT2D eigenvalue weighted by Crippen LogP contribution is 2.27. The number of nitrogens with zero attached hydrogens (tertiary/aromatic N) is 9. The van der Waals surface area contributed by atoms with Gasteiger partial charge in [0.15, 0.2) is 5.84 Å². The van der Waals surface area contributed by atoms with Gasteiger partial charge in [0.1, 0.15) is 41.6 Å². The van der Waals surface area contributed by atoms with Gasteiger partial charge in [0.25, 0.3) is 0 Å². The summed E-state index contributed by atoms with van der Waals surface area (Å²) in [5.41, 5.74) is 12.5. The maximum absolute atomic E-state index is 11.9. The first kappa shape index (κ1) is 105. The Morgan fingerprint density at radius 1 is 0.397 bits per heavy atom. The second kappa shape index (κ2) is 52.7. The highest BCUT2D eigenvalue weighted by Gasteiger charge is 2.41. The summed E-state index contributed by atoms with van der Waals surface area (Å²) in [5.74, 6) is 0.351. The van der Waals surface area contributed by atoms with Crippen LogP contribution in [0.25, 0.3) is 0 Å². The average Bonchev–Trinajstić information content (AvgIpc) is 0.816. The highest BCUT2D eigenvalue weighted by molar-refractivity contribution is 5.97. The molecule has 0 spiro atoms. The molecule has 0 radical (unpaired) electrons. The molecule has 34 heteroatoms. The van der Waals surface area contributed by atoms with Crippen molar-refractivity contribution < 1.29 is 97.4 Å². The number of carbonyl (C=O) groups is 10. The van der Waals surface area contributed by atoms with Crippen molar-refractivity contribution in [1.29, 1.82) is 21.0 Å². The number of carboxylic acid groups (broad SMARTS) is 3. The van der Waals surface area contributed by atoms with Crippen LogP contribution >= 0.6 is 0 Å². The number of hydrogen-bond donors (Lipinski definition) is 10. The van der Waals surface area contributed by atoms with Gasteiger partial charge in [0, 0.05) is 128 Å². The minimum atomic E-state index is -0.712. The number of ether oxygens (including phenoxy) is 5. The Labute approximate surface area is 735 Å². The van der Waals surface area contributed by atoms with E-state index in [1.807, 2.05) is 186 Å². The lowest BCUT2D eigenvalue weighted by molar-refractivity contribution is -0.167. The number of aldehydes is 2. The first-order valence-corrected chi connectivity index (χ1v) is 40.6. The minimum Gasteiger partial charge on any atom is -0.481 e. The maximum atomic E-state index is 11.9. The van der Waals surface area contributed by atoms with Crippen LogP contribution in [-0.2, 0) is 83.5 Å². The van der Waals surface area contributed by atoms with E-state index in [0.717, 1.165) is 93.7 Å². The molecule has 34 nitrogen and oxygen atoms in total. The first-order chi connectivity index (χ1) is 59.5. The van der Waals surface area contributed by atoms with E-state index in [0.29, 0.717) is 91.3 Å². The van der Waals surface area contributed by atoms with Gasteiger partial charge in [-0.3, -0.25) is 57.9 Å². The standard InChI is InChI=1S/C16H23N3O3.C16H20N2O2.C16H21NO4.C12H12N2O2.C8H15NO2.2C8H5NO.2C4H7NO2.H3NO/c1-16(2,3)22-15(20)13-9-19(10-13)8-11-4-6-12(7-5-11)14(17)18-21;1-16(2,3)20-15(19)14-10-18(11-14)9-13-6-4-12(8-17)5-7-13;1-16(2,3)21-14(18)13-9-17(10-13)15(19)20-11-12-7-5-4-6-8-12;13-5-9-1-3-10(4-2-9)6-14-7-11(8-14)12(15)16;1-8(2,3)11-7(10)6-4-9-5-6;2*9-5-7-1-3-8(6-10)4-2-7;2*6-4(7)3-1-5-2-3;1-2/h4-7,13,21H,8-10H2,1-3H3,(H2,17,18);4-7,14H,9-11H2,1-3H3;4-8,13H,9-11H2,1-3H3;1-4,11H,6-8H2,(H,15,16);6,9H,4-5H2,1-3H3;2*1-4,6H;2*3,5H,1-2H2,(H,6,7);2H,1H2. The van der Waals surface area contributed by atoms with E-state index in [4.69, 9.17) is 76.2 Å². The number of carbonyl (C=O) groups excluding carboxylic acids is 7. The molecule has 6 aromatic carbocycles. The lowest BCUT2D eigenvalue weighted by Crippen LogP contribution is -2.54. The number of aliphatic carboxylic acids is 3. The molecule has 7 heterocycles. The summed E-state index contributed by atoms with van der Waals surface area (Å²) in [6.07, 6.45) is 1.11. The molecule has 0 unspecified atom stereocenters. The van der Waals surface area contributed by atoms with E-state index in [1.165, 1.54) is 4.90 Å². The molecule has 0 bridgehead atoms. The van der Waals surface area contributed by atoms with Gasteiger partial charge in [-0.2, -0.15) is 21.0 Å². The molecule has 0 aliphatic carbocycles. The monoisotopic (exact) mass is 1740 g/mol. The molecule has 7 saturated heterocycles. The summed E-state index contributed by atoms with van der Waals surface area (Å²) in [7, 11) is 0. The van der Waals surface area contributed by atoms with Gasteiger partial charge >= 0.3 is 47.9 Å². The molecule has 676 valence electrons. The summed E-state index contributed by atoms with van der Waals surface area (Å²) in [4.78, 5) is 117. The van der Waals surface area contributed by atoms with Crippen molar-refractivity contribution in [3.8, 4) is 24.3 Å². The molecule has 7 aliphatic heterocycles. The number of carboxylic acids is 3. The Bertz CT molecular complexity index is 4570. The lowest BCUT2D eigenvalue weighted by Gasteiger charge is -2.38. The smallest absolute Gasteiger partial charge is 0.410 e. The van der Waals surface area contributed by atoms with Gasteiger partial charge in [-0.15, -0.1) is 0 Å². The SMILES string of the molecule is CC(C)(C)OC(=O)C1CN(C(=O)OCc2ccccc2)C1.CC(C)(C)OC(=O)C1CN(Cc2ccc(/C(N)=N/O)cc2)C1.CC(C)(C)OC(=O)C1CN(Cc2ccc(C#N)cc2)C1.CC(C)(C)OC(=O)C1CNC1.N#Cc1ccc(C=O)cc1.N#Cc1ccc(C=O)cc1.N#Cc1ccc(CN2CC(C(=O)O)C2)cc1.NO.O=C(O)C1CNC1.O=C(O)C1CNC1. The van der Waals surface area contributed by atoms with Crippen molar-refractivity contribution >= 4 is 66.3 Å². The minimum absolute atomic E-state index is 0.00685. The molecule has 7 aliphatic rings. The number of nitriles is 4. The Morgan fingerprint density at radius 2 is 0.667 bits per heavy atom. The molecule has 126 heavy (non-hydrogen) atoms. The number of amidine groups is 1. The molecule has 7 fully saturated rings. The number of nitrogens with two attached hydrogens (primary N) is 2. The van der Waals surface area contributed by atoms with Crippen molar-refractivity contribution in [1.82, 2.24) is 35.6 Å². The quantitative estimate of drug-likeness (QED) is 0.00730. The number of rotatable bonds is 18. The van der Waals surface area contributed by atoms with Crippen LogP contribution in [0.3, 0.4) is 0 Å². The third-order valence-corrected chi connectivity index (χ3v) is 18.7. The van der Waals surface area contributed by atoms with E-state index in [1.54, 1.807) is 60.7 Å². The molecule has 0 atom stereocenters. The average molecular weight is 1740 g/mol. The van der Waals surface area contributed by atoms with Crippen molar-refractivity contribution in [3.05, 3.63) is 213 Å². The van der Waals surface area contributed by atoms with E-state index in [-0.39, 0.29) is 83.3 Å². The van der Waals surface area contributed by atoms with Crippen LogP contribution in [0.15, 0.2) is 157 Å². The zero-order valence-electron chi connectivity index (χ0n) is 73.4. The topological polar surface area (TPSA) is 527 Å². The fourth-order valence-corrected chi connectivity index (χ4v) is 11.3. The number of amides is 1. The summed E-state index contributed by atoms with van der Waals surface area (Å²) in [5, 5.41) is 86.1. The van der Waals surface area contributed by atoms with Crippen molar-refractivity contribution in [2.45, 2.75) is 132 Å². The Kier molecular flexibility index (Phi) is 44.1. The fourth-order valence-electron chi connectivity index (χ4n) is 11.3. The Hall–Kier alpha value is -12.9. The predicted molar refractivity (Wildman–Crippen MR) is 464 cm³/mol. The van der Waals surface area contributed by atoms with E-state index < -0.39 is 40.8 Å². The summed E-state index contributed by atoms with van der Waals surface area (Å²) >= 11 is 0. The highest BCUT2D eigenvalue weighted by atomic mass is 16.6. The van der Waals surface area contributed by atoms with E-state index >= 15 is 0 Å². The zero-order valence-corrected chi connectivity index (χ0v) is 73.4. The second-order valence-corrected chi connectivity index (χ2v) is 34.0. The van der Waals surface area contributed by atoms with Crippen molar-refractivity contribution in [2.24, 2.45) is 58.2 Å². The van der Waals surface area contributed by atoms with Crippen LogP contribution in [0.5, 0.6) is 0 Å². The van der Waals surface area contributed by atoms with Gasteiger partial charge in [0.05, 0.1) is 88.0 Å². The molecule has 1 amide bonds. The maximum Gasteiger partial charge on any atom is 0.410 e.